The lowest BCUT2D eigenvalue weighted by molar-refractivity contribution is 0.185. The highest BCUT2D eigenvalue weighted by Crippen LogP contribution is 2.09. The van der Waals surface area contributed by atoms with E-state index in [2.05, 4.69) is 49.6 Å². The summed E-state index contributed by atoms with van der Waals surface area (Å²) >= 11 is 0. The van der Waals surface area contributed by atoms with Crippen LogP contribution in [0.3, 0.4) is 0 Å². The van der Waals surface area contributed by atoms with E-state index in [0.717, 1.165) is 24.2 Å². The van der Waals surface area contributed by atoms with Gasteiger partial charge in [0.1, 0.15) is 8.07 Å². The SMILES string of the molecule is C=C[Si](C)(C)c1cccc(CCCCN(C)C(=O)F)c1. The average molecular weight is 293 g/mol. The summed E-state index contributed by atoms with van der Waals surface area (Å²) in [7, 11) is -0.0164. The maximum absolute atomic E-state index is 12.4. The highest BCUT2D eigenvalue weighted by molar-refractivity contribution is 6.93. The number of nitrogens with zero attached hydrogens (tertiary/aromatic N) is 1. The van der Waals surface area contributed by atoms with Crippen LogP contribution in [0.25, 0.3) is 0 Å². The predicted octanol–water partition coefficient (Wildman–Crippen LogP) is 3.67. The van der Waals surface area contributed by atoms with Gasteiger partial charge in [-0.2, -0.15) is 0 Å². The van der Waals surface area contributed by atoms with E-state index >= 15 is 0 Å². The van der Waals surface area contributed by atoms with Crippen molar-refractivity contribution >= 4 is 19.4 Å². The number of hydrogen-bond acceptors (Lipinski definition) is 1. The summed E-state index contributed by atoms with van der Waals surface area (Å²) in [5.74, 6) is 0. The second-order valence-electron chi connectivity index (χ2n) is 5.76. The van der Waals surface area contributed by atoms with Gasteiger partial charge in [0.15, 0.2) is 0 Å². The van der Waals surface area contributed by atoms with E-state index in [1.807, 2.05) is 0 Å². The number of aryl methyl sites for hydroxylation is 1. The van der Waals surface area contributed by atoms with Crippen molar-refractivity contribution in [3.63, 3.8) is 0 Å². The third-order valence-electron chi connectivity index (χ3n) is 3.69. The van der Waals surface area contributed by atoms with Crippen LogP contribution in [0.2, 0.25) is 13.1 Å². The highest BCUT2D eigenvalue weighted by atomic mass is 28.3. The maximum atomic E-state index is 12.4. The molecular formula is C16H24FNOSi. The molecule has 0 aromatic heterocycles. The number of halogens is 1. The molecule has 20 heavy (non-hydrogen) atoms. The van der Waals surface area contributed by atoms with Gasteiger partial charge in [0.25, 0.3) is 0 Å². The van der Waals surface area contributed by atoms with Crippen LogP contribution in [0.1, 0.15) is 18.4 Å². The number of amides is 1. The number of hydrogen-bond donors (Lipinski definition) is 0. The van der Waals surface area contributed by atoms with Crippen LogP contribution in [0.4, 0.5) is 9.18 Å². The van der Waals surface area contributed by atoms with Gasteiger partial charge >= 0.3 is 6.16 Å². The molecule has 1 aromatic rings. The Morgan fingerprint density at radius 3 is 2.70 bits per heavy atom. The Morgan fingerprint density at radius 1 is 1.40 bits per heavy atom. The van der Waals surface area contributed by atoms with Crippen LogP contribution in [0, 0.1) is 0 Å². The predicted molar refractivity (Wildman–Crippen MR) is 85.8 cm³/mol. The molecule has 4 heteroatoms. The Hall–Kier alpha value is -1.42. The molecule has 0 aliphatic carbocycles. The van der Waals surface area contributed by atoms with Crippen molar-refractivity contribution in [1.29, 1.82) is 0 Å². The fraction of sp³-hybridized carbons (Fsp3) is 0.438. The fourth-order valence-electron chi connectivity index (χ4n) is 2.01. The number of carbonyl (C=O) groups is 1. The summed E-state index contributed by atoms with van der Waals surface area (Å²) in [5.41, 5.74) is 3.40. The van der Waals surface area contributed by atoms with Crippen molar-refractivity contribution in [3.8, 4) is 0 Å². The molecule has 0 radical (unpaired) electrons. The van der Waals surface area contributed by atoms with E-state index in [9.17, 15) is 9.18 Å². The zero-order valence-electron chi connectivity index (χ0n) is 12.7. The molecule has 0 saturated carbocycles. The van der Waals surface area contributed by atoms with Crippen molar-refractivity contribution in [2.24, 2.45) is 0 Å². The lowest BCUT2D eigenvalue weighted by Crippen LogP contribution is -2.39. The molecule has 0 aliphatic rings. The minimum absolute atomic E-state index is 0.474. The molecule has 0 bridgehead atoms. The summed E-state index contributed by atoms with van der Waals surface area (Å²) in [4.78, 5) is 11.6. The first kappa shape index (κ1) is 16.6. The Kier molecular flexibility index (Phi) is 6.14. The first-order chi connectivity index (χ1) is 9.36. The molecule has 0 saturated heterocycles. The van der Waals surface area contributed by atoms with Gasteiger partial charge in [-0.15, -0.1) is 11.0 Å². The Morgan fingerprint density at radius 2 is 2.10 bits per heavy atom. The Balaban J connectivity index is 2.51. The summed E-state index contributed by atoms with van der Waals surface area (Å²) in [6.45, 7) is 8.97. The lowest BCUT2D eigenvalue weighted by Gasteiger charge is -2.18. The van der Waals surface area contributed by atoms with Gasteiger partial charge in [-0.3, -0.25) is 0 Å². The average Bonchev–Trinajstić information content (AvgIpc) is 2.43. The highest BCUT2D eigenvalue weighted by Gasteiger charge is 2.18. The van der Waals surface area contributed by atoms with Gasteiger partial charge < -0.3 is 4.90 Å². The van der Waals surface area contributed by atoms with Crippen molar-refractivity contribution in [2.75, 3.05) is 13.6 Å². The molecule has 2 nitrogen and oxygen atoms in total. The topological polar surface area (TPSA) is 20.3 Å². The zero-order valence-corrected chi connectivity index (χ0v) is 13.7. The van der Waals surface area contributed by atoms with E-state index in [1.54, 1.807) is 0 Å². The minimum Gasteiger partial charge on any atom is -0.318 e. The first-order valence-corrected chi connectivity index (χ1v) is 10.1. The second-order valence-corrected chi connectivity index (χ2v) is 10.2. The number of carbonyl (C=O) groups excluding carboxylic acids is 1. The van der Waals surface area contributed by atoms with Gasteiger partial charge in [-0.05, 0) is 24.8 Å². The molecule has 0 atom stereocenters. The summed E-state index contributed by atoms with van der Waals surface area (Å²) < 4.78 is 12.4. The molecule has 0 aliphatic heterocycles. The summed E-state index contributed by atoms with van der Waals surface area (Å²) in [6.07, 6.45) is 1.38. The lowest BCUT2D eigenvalue weighted by atomic mass is 10.1. The second kappa shape index (κ2) is 7.38. The van der Waals surface area contributed by atoms with Crippen molar-refractivity contribution in [3.05, 3.63) is 42.1 Å². The Bertz CT molecular complexity index is 473. The van der Waals surface area contributed by atoms with Crippen molar-refractivity contribution in [2.45, 2.75) is 32.4 Å². The third-order valence-corrected chi connectivity index (χ3v) is 6.51. The van der Waals surface area contributed by atoms with Gasteiger partial charge in [-0.1, -0.05) is 48.2 Å². The van der Waals surface area contributed by atoms with E-state index < -0.39 is 14.2 Å². The quantitative estimate of drug-likeness (QED) is 0.325. The number of unbranched alkanes of at least 4 members (excludes halogenated alkanes) is 1. The summed E-state index contributed by atoms with van der Waals surface area (Å²) in [5, 5.41) is 1.39. The van der Waals surface area contributed by atoms with Crippen LogP contribution in [0.15, 0.2) is 36.5 Å². The van der Waals surface area contributed by atoms with E-state index in [4.69, 9.17) is 0 Å². The third kappa shape index (κ3) is 4.93. The van der Waals surface area contributed by atoms with Gasteiger partial charge in [0.05, 0.1) is 0 Å². The van der Waals surface area contributed by atoms with E-state index in [0.29, 0.717) is 6.54 Å². The molecule has 0 fully saturated rings. The molecule has 0 N–H and O–H groups in total. The molecule has 110 valence electrons. The fourth-order valence-corrected chi connectivity index (χ4v) is 3.33. The monoisotopic (exact) mass is 293 g/mol. The number of benzene rings is 1. The largest absolute Gasteiger partial charge is 0.399 e. The maximum Gasteiger partial charge on any atom is 0.399 e. The molecule has 1 aromatic carbocycles. The number of rotatable bonds is 7. The normalized spacial score (nSPS) is 11.2. The first-order valence-electron chi connectivity index (χ1n) is 7.00. The molecular weight excluding hydrogens is 269 g/mol. The summed E-state index contributed by atoms with van der Waals surface area (Å²) in [6, 6.07) is 8.66. The van der Waals surface area contributed by atoms with Crippen LogP contribution in [0.5, 0.6) is 0 Å². The molecule has 0 heterocycles. The molecule has 0 spiro atoms. The standard InChI is InChI=1S/C16H24FNOSi/c1-5-20(3,4)15-11-8-10-14(13-15)9-6-7-12-18(2)16(17)19/h5,8,10-11,13H,1,6-7,9,12H2,2-4H3. The zero-order chi connectivity index (χ0) is 15.2. The van der Waals surface area contributed by atoms with Gasteiger partial charge in [-0.25, -0.2) is 4.79 Å². The van der Waals surface area contributed by atoms with Gasteiger partial charge in [0, 0.05) is 13.6 Å². The smallest absolute Gasteiger partial charge is 0.318 e. The van der Waals surface area contributed by atoms with Crippen LogP contribution in [-0.4, -0.2) is 32.7 Å². The van der Waals surface area contributed by atoms with Crippen molar-refractivity contribution in [1.82, 2.24) is 4.90 Å². The molecule has 1 amide bonds. The minimum atomic E-state index is -1.50. The van der Waals surface area contributed by atoms with Crippen LogP contribution in [-0.2, 0) is 6.42 Å². The molecule has 1 rings (SSSR count). The molecule has 0 unspecified atom stereocenters. The van der Waals surface area contributed by atoms with Crippen LogP contribution < -0.4 is 5.19 Å². The van der Waals surface area contributed by atoms with E-state index in [1.165, 1.54) is 17.8 Å². The van der Waals surface area contributed by atoms with Gasteiger partial charge in [0.2, 0.25) is 0 Å². The van der Waals surface area contributed by atoms with Crippen molar-refractivity contribution < 1.29 is 9.18 Å². The van der Waals surface area contributed by atoms with Crippen LogP contribution >= 0.6 is 0 Å². The van der Waals surface area contributed by atoms with E-state index in [-0.39, 0.29) is 0 Å². The Labute approximate surface area is 122 Å².